The number of hydrogen-bond acceptors (Lipinski definition) is 4. The predicted octanol–water partition coefficient (Wildman–Crippen LogP) is 3.05. The number of nitrogens with zero attached hydrogens (tertiary/aromatic N) is 3. The summed E-state index contributed by atoms with van der Waals surface area (Å²) in [6.45, 7) is 6.57. The van der Waals surface area contributed by atoms with Crippen molar-refractivity contribution in [1.29, 1.82) is 0 Å². The molecular weight excluding hydrogens is 302 g/mol. The number of aryl methyl sites for hydroxylation is 1. The fourth-order valence-corrected chi connectivity index (χ4v) is 3.92. The maximum Gasteiger partial charge on any atom is 0.166 e. The lowest BCUT2D eigenvalue weighted by Crippen LogP contribution is -2.27. The van der Waals surface area contributed by atoms with E-state index in [9.17, 15) is 0 Å². The molecule has 128 valence electrons. The Morgan fingerprint density at radius 2 is 2.12 bits per heavy atom. The van der Waals surface area contributed by atoms with E-state index in [1.54, 1.807) is 0 Å². The van der Waals surface area contributed by atoms with Gasteiger partial charge in [0.05, 0.1) is 0 Å². The second kappa shape index (κ2) is 6.85. The van der Waals surface area contributed by atoms with E-state index in [2.05, 4.69) is 39.8 Å². The molecule has 0 N–H and O–H groups in total. The number of aromatic nitrogens is 2. The molecule has 2 aliphatic rings. The van der Waals surface area contributed by atoms with Crippen molar-refractivity contribution >= 4 is 0 Å². The predicted molar refractivity (Wildman–Crippen MR) is 92.6 cm³/mol. The van der Waals surface area contributed by atoms with E-state index in [1.807, 2.05) is 12.3 Å². The van der Waals surface area contributed by atoms with Gasteiger partial charge in [-0.05, 0) is 38.4 Å². The highest BCUT2D eigenvalue weighted by atomic mass is 16.6. The molecule has 0 amide bonds. The molecule has 4 rings (SSSR count). The van der Waals surface area contributed by atoms with Crippen LogP contribution in [0.15, 0.2) is 30.5 Å². The zero-order valence-electron chi connectivity index (χ0n) is 14.3. The molecule has 1 aromatic carbocycles. The van der Waals surface area contributed by atoms with Crippen LogP contribution >= 0.6 is 0 Å². The first kappa shape index (κ1) is 15.5. The molecule has 0 aliphatic carbocycles. The van der Waals surface area contributed by atoms with Gasteiger partial charge in [0.2, 0.25) is 0 Å². The van der Waals surface area contributed by atoms with E-state index in [1.165, 1.54) is 24.1 Å². The van der Waals surface area contributed by atoms with Crippen molar-refractivity contribution in [1.82, 2.24) is 14.7 Å². The van der Waals surface area contributed by atoms with Crippen LogP contribution < -0.4 is 9.47 Å². The molecule has 3 heterocycles. The normalized spacial score (nSPS) is 20.5. The van der Waals surface area contributed by atoms with E-state index < -0.39 is 0 Å². The van der Waals surface area contributed by atoms with Crippen molar-refractivity contribution in [2.24, 2.45) is 0 Å². The third kappa shape index (κ3) is 2.88. The van der Waals surface area contributed by atoms with Crippen LogP contribution in [0.1, 0.15) is 37.1 Å². The molecular formula is C19H25N3O2. The smallest absolute Gasteiger partial charge is 0.166 e. The number of hydrogen-bond donors (Lipinski definition) is 0. The molecule has 0 radical (unpaired) electrons. The lowest BCUT2D eigenvalue weighted by Gasteiger charge is -2.28. The Morgan fingerprint density at radius 1 is 1.21 bits per heavy atom. The quantitative estimate of drug-likeness (QED) is 0.846. The van der Waals surface area contributed by atoms with Gasteiger partial charge in [0, 0.05) is 43.0 Å². The molecule has 1 unspecified atom stereocenters. The van der Waals surface area contributed by atoms with Gasteiger partial charge in [-0.1, -0.05) is 12.1 Å². The largest absolute Gasteiger partial charge is 0.486 e. The number of para-hydroxylation sites is 1. The van der Waals surface area contributed by atoms with Gasteiger partial charge >= 0.3 is 0 Å². The number of benzene rings is 1. The van der Waals surface area contributed by atoms with Gasteiger partial charge in [-0.3, -0.25) is 9.58 Å². The Balaban J connectivity index is 1.51. The van der Waals surface area contributed by atoms with Crippen molar-refractivity contribution in [2.45, 2.75) is 38.8 Å². The van der Waals surface area contributed by atoms with Crippen molar-refractivity contribution in [3.05, 3.63) is 41.7 Å². The average Bonchev–Trinajstić information content (AvgIpc) is 3.28. The Bertz CT molecular complexity index is 698. The van der Waals surface area contributed by atoms with Crippen molar-refractivity contribution in [2.75, 3.05) is 26.3 Å². The summed E-state index contributed by atoms with van der Waals surface area (Å²) in [5, 5.41) is 4.38. The fourth-order valence-electron chi connectivity index (χ4n) is 3.92. The third-order valence-electron chi connectivity index (χ3n) is 5.08. The third-order valence-corrected chi connectivity index (χ3v) is 5.08. The second-order valence-corrected chi connectivity index (χ2v) is 6.45. The van der Waals surface area contributed by atoms with Gasteiger partial charge in [-0.25, -0.2) is 0 Å². The fraction of sp³-hybridized carbons (Fsp3) is 0.526. The monoisotopic (exact) mass is 327 g/mol. The molecule has 1 saturated heterocycles. The zero-order valence-corrected chi connectivity index (χ0v) is 14.3. The first-order valence-corrected chi connectivity index (χ1v) is 9.00. The number of rotatable bonds is 5. The molecule has 24 heavy (non-hydrogen) atoms. The van der Waals surface area contributed by atoms with Crippen LogP contribution in [0.2, 0.25) is 0 Å². The van der Waals surface area contributed by atoms with Crippen LogP contribution in [0.3, 0.4) is 0 Å². The van der Waals surface area contributed by atoms with Gasteiger partial charge in [-0.2, -0.15) is 5.10 Å². The zero-order chi connectivity index (χ0) is 16.4. The van der Waals surface area contributed by atoms with Gasteiger partial charge in [0.25, 0.3) is 0 Å². The van der Waals surface area contributed by atoms with E-state index in [0.29, 0.717) is 19.3 Å². The summed E-state index contributed by atoms with van der Waals surface area (Å²) in [6, 6.07) is 8.87. The average molecular weight is 327 g/mol. The highest BCUT2D eigenvalue weighted by molar-refractivity contribution is 5.49. The van der Waals surface area contributed by atoms with Crippen molar-refractivity contribution < 1.29 is 9.47 Å². The number of fused-ring (bicyclic) bond motifs is 1. The van der Waals surface area contributed by atoms with E-state index in [4.69, 9.17) is 9.47 Å². The molecule has 0 saturated carbocycles. The number of likely N-dealkylation sites (tertiary alicyclic amines) is 1. The maximum absolute atomic E-state index is 5.94. The standard InChI is InChI=1S/C19H25N3O2/c1-2-22-15(8-10-20-22)9-12-21-11-4-6-17(21)16-5-3-7-18-19(16)24-14-13-23-18/h3,5,7-8,10,17H,2,4,6,9,11-14H2,1H3. The van der Waals surface area contributed by atoms with Gasteiger partial charge in [0.15, 0.2) is 11.5 Å². The lowest BCUT2D eigenvalue weighted by molar-refractivity contribution is 0.164. The topological polar surface area (TPSA) is 39.5 Å². The van der Waals surface area contributed by atoms with Crippen LogP contribution in [-0.2, 0) is 13.0 Å². The maximum atomic E-state index is 5.94. The molecule has 5 nitrogen and oxygen atoms in total. The van der Waals surface area contributed by atoms with Gasteiger partial charge < -0.3 is 9.47 Å². The minimum absolute atomic E-state index is 0.430. The van der Waals surface area contributed by atoms with E-state index >= 15 is 0 Å². The Morgan fingerprint density at radius 3 is 3.04 bits per heavy atom. The van der Waals surface area contributed by atoms with E-state index in [-0.39, 0.29) is 0 Å². The highest BCUT2D eigenvalue weighted by Crippen LogP contribution is 2.42. The molecule has 2 aliphatic heterocycles. The van der Waals surface area contributed by atoms with Crippen LogP contribution in [-0.4, -0.2) is 41.0 Å². The first-order chi connectivity index (χ1) is 11.9. The van der Waals surface area contributed by atoms with Gasteiger partial charge in [-0.15, -0.1) is 0 Å². The minimum atomic E-state index is 0.430. The summed E-state index contributed by atoms with van der Waals surface area (Å²) >= 11 is 0. The molecule has 5 heteroatoms. The lowest BCUT2D eigenvalue weighted by atomic mass is 10.0. The number of ether oxygens (including phenoxy) is 2. The van der Waals surface area contributed by atoms with Crippen LogP contribution in [0.5, 0.6) is 11.5 Å². The summed E-state index contributed by atoms with van der Waals surface area (Å²) in [4.78, 5) is 2.58. The van der Waals surface area contributed by atoms with E-state index in [0.717, 1.165) is 37.6 Å². The first-order valence-electron chi connectivity index (χ1n) is 9.00. The summed E-state index contributed by atoms with van der Waals surface area (Å²) < 4.78 is 13.8. The van der Waals surface area contributed by atoms with Crippen LogP contribution in [0, 0.1) is 0 Å². The van der Waals surface area contributed by atoms with Gasteiger partial charge in [0.1, 0.15) is 13.2 Å². The minimum Gasteiger partial charge on any atom is -0.486 e. The molecule has 2 aromatic rings. The Hall–Kier alpha value is -2.01. The molecule has 1 atom stereocenters. The molecule has 1 aromatic heterocycles. The molecule has 1 fully saturated rings. The summed E-state index contributed by atoms with van der Waals surface area (Å²) in [6.07, 6.45) is 5.37. The van der Waals surface area contributed by atoms with Crippen LogP contribution in [0.25, 0.3) is 0 Å². The second-order valence-electron chi connectivity index (χ2n) is 6.45. The Kier molecular flexibility index (Phi) is 4.43. The highest BCUT2D eigenvalue weighted by Gasteiger charge is 2.30. The Labute approximate surface area is 143 Å². The van der Waals surface area contributed by atoms with Crippen LogP contribution in [0.4, 0.5) is 0 Å². The SMILES string of the molecule is CCn1nccc1CCN1CCCC1c1cccc2c1OCCO2. The van der Waals surface area contributed by atoms with Crippen molar-refractivity contribution in [3.63, 3.8) is 0 Å². The molecule has 0 spiro atoms. The summed E-state index contributed by atoms with van der Waals surface area (Å²) in [5.41, 5.74) is 2.60. The van der Waals surface area contributed by atoms with Crippen molar-refractivity contribution in [3.8, 4) is 11.5 Å². The summed E-state index contributed by atoms with van der Waals surface area (Å²) in [7, 11) is 0. The summed E-state index contributed by atoms with van der Waals surface area (Å²) in [5.74, 6) is 1.86. The molecule has 0 bridgehead atoms.